The normalized spacial score (nSPS) is 36.1. The molecule has 2 N–H and O–H groups in total. The smallest absolute Gasteiger partial charge is 0.262 e. The monoisotopic (exact) mass is 596 g/mol. The van der Waals surface area contributed by atoms with E-state index >= 15 is 0 Å². The number of nitrogens with zero attached hydrogens (tertiary/aromatic N) is 1. The van der Waals surface area contributed by atoms with Gasteiger partial charge in [0, 0.05) is 44.6 Å². The van der Waals surface area contributed by atoms with Crippen LogP contribution >= 0.6 is 11.6 Å². The van der Waals surface area contributed by atoms with Crippen molar-refractivity contribution in [3.05, 3.63) is 70.3 Å². The van der Waals surface area contributed by atoms with Crippen LogP contribution in [0.1, 0.15) is 61.0 Å². The van der Waals surface area contributed by atoms with Gasteiger partial charge in [0.25, 0.3) is 5.91 Å². The highest BCUT2D eigenvalue weighted by Crippen LogP contribution is 2.46. The predicted molar refractivity (Wildman–Crippen MR) is 168 cm³/mol. The molecule has 2 bridgehead atoms. The zero-order valence-corrected chi connectivity index (χ0v) is 25.6. The molecular weight excluding hydrogens is 556 g/mol. The Bertz CT molecular complexity index is 1470. The Kier molecular flexibility index (Phi) is 7.66. The third-order valence-electron chi connectivity index (χ3n) is 9.99. The molecule has 0 saturated heterocycles. The van der Waals surface area contributed by atoms with Crippen LogP contribution in [-0.4, -0.2) is 52.6 Å². The van der Waals surface area contributed by atoms with E-state index in [0.29, 0.717) is 18.1 Å². The van der Waals surface area contributed by atoms with Crippen LogP contribution in [0.15, 0.2) is 48.6 Å². The van der Waals surface area contributed by atoms with Crippen LogP contribution < -0.4 is 14.4 Å². The molecule has 2 aromatic carbocycles. The maximum atomic E-state index is 13.4. The molecule has 6 rings (SSSR count). The molecule has 1 saturated carbocycles. The van der Waals surface area contributed by atoms with Gasteiger partial charge in [-0.1, -0.05) is 43.7 Å². The van der Waals surface area contributed by atoms with E-state index in [0.717, 1.165) is 61.7 Å². The number of fused-ring (bicyclic) bond motifs is 4. The molecule has 2 heterocycles. The summed E-state index contributed by atoms with van der Waals surface area (Å²) in [5, 5.41) is 12.0. The number of halogens is 1. The van der Waals surface area contributed by atoms with Crippen LogP contribution in [0.4, 0.5) is 5.69 Å². The fourth-order valence-electron chi connectivity index (χ4n) is 7.28. The molecule has 1 fully saturated rings. The molecule has 7 atom stereocenters. The lowest BCUT2D eigenvalue weighted by Crippen LogP contribution is -2.49. The van der Waals surface area contributed by atoms with E-state index in [-0.39, 0.29) is 34.8 Å². The van der Waals surface area contributed by atoms with Gasteiger partial charge in [-0.15, -0.1) is 0 Å². The number of hydrogen-bond acceptors (Lipinski definition) is 5. The lowest BCUT2D eigenvalue weighted by atomic mass is 9.68. The van der Waals surface area contributed by atoms with Crippen LogP contribution in [0.2, 0.25) is 5.02 Å². The quantitative estimate of drug-likeness (QED) is 0.314. The number of benzene rings is 2. The van der Waals surface area contributed by atoms with Gasteiger partial charge in [0.2, 0.25) is 0 Å². The van der Waals surface area contributed by atoms with Crippen molar-refractivity contribution < 1.29 is 18.8 Å². The number of hydrogen-bond donors (Lipinski definition) is 2. The first-order valence-electron chi connectivity index (χ1n) is 14.9. The number of nitrogens with one attached hydrogen (secondary N) is 1. The largest absolute Gasteiger partial charge is 0.490 e. The van der Waals surface area contributed by atoms with Crippen LogP contribution in [0.25, 0.3) is 0 Å². The minimum absolute atomic E-state index is 0.0224. The van der Waals surface area contributed by atoms with Gasteiger partial charge in [0.15, 0.2) is 0 Å². The van der Waals surface area contributed by atoms with E-state index in [1.54, 1.807) is 6.07 Å². The van der Waals surface area contributed by atoms with Gasteiger partial charge in [-0.25, -0.2) is 4.21 Å². The lowest BCUT2D eigenvalue weighted by Gasteiger charge is -2.45. The Balaban J connectivity index is 1.42. The molecule has 2 aromatic rings. The third kappa shape index (κ3) is 5.65. The number of rotatable bonds is 0. The highest BCUT2D eigenvalue weighted by atomic mass is 35.5. The summed E-state index contributed by atoms with van der Waals surface area (Å²) >= 11 is 6.40. The second-order valence-electron chi connectivity index (χ2n) is 12.9. The van der Waals surface area contributed by atoms with Gasteiger partial charge < -0.3 is 14.7 Å². The number of aliphatic hydroxyl groups is 1. The molecule has 4 aliphatic rings. The number of aliphatic hydroxyl groups excluding tert-OH is 1. The Labute approximate surface area is 249 Å². The summed E-state index contributed by atoms with van der Waals surface area (Å²) in [7, 11) is -2.86. The predicted octanol–water partition coefficient (Wildman–Crippen LogP) is 5.40. The van der Waals surface area contributed by atoms with Gasteiger partial charge in [0.1, 0.15) is 5.75 Å². The van der Waals surface area contributed by atoms with Gasteiger partial charge in [-0.2, -0.15) is 0 Å². The van der Waals surface area contributed by atoms with Crippen molar-refractivity contribution in [1.82, 2.24) is 4.72 Å². The van der Waals surface area contributed by atoms with E-state index in [1.807, 2.05) is 37.3 Å². The zero-order valence-electron chi connectivity index (χ0n) is 24.0. The Morgan fingerprint density at radius 2 is 2.00 bits per heavy atom. The van der Waals surface area contributed by atoms with E-state index in [2.05, 4.69) is 34.5 Å². The molecule has 1 unspecified atom stereocenters. The third-order valence-corrected chi connectivity index (χ3v) is 11.8. The van der Waals surface area contributed by atoms with Gasteiger partial charge in [-0.3, -0.25) is 9.52 Å². The van der Waals surface area contributed by atoms with E-state index in [9.17, 15) is 14.1 Å². The number of carbonyl (C=O) groups excluding carboxylic acids is 1. The van der Waals surface area contributed by atoms with Crippen LogP contribution in [0.3, 0.4) is 0 Å². The van der Waals surface area contributed by atoms with Crippen LogP contribution in [0.5, 0.6) is 5.75 Å². The molecule has 0 aromatic heterocycles. The number of ether oxygens (including phenoxy) is 1. The molecule has 2 aliphatic carbocycles. The van der Waals surface area contributed by atoms with Crippen molar-refractivity contribution in [2.45, 2.75) is 57.5 Å². The highest BCUT2D eigenvalue weighted by molar-refractivity contribution is 7.99. The maximum absolute atomic E-state index is 13.4. The molecule has 1 spiro atoms. The first-order chi connectivity index (χ1) is 19.5. The average Bonchev–Trinajstić information content (AvgIpc) is 3.05. The second kappa shape index (κ2) is 11.0. The fraction of sp³-hybridized carbons (Fsp3) is 0.515. The van der Waals surface area contributed by atoms with Crippen molar-refractivity contribution in [3.8, 4) is 5.75 Å². The summed E-state index contributed by atoms with van der Waals surface area (Å²) in [5.74, 6) is 5.12. The minimum Gasteiger partial charge on any atom is -0.490 e. The minimum atomic E-state index is -2.86. The molecule has 2 aliphatic heterocycles. The number of aryl methyl sites for hydroxylation is 1. The van der Waals surface area contributed by atoms with E-state index < -0.39 is 15.8 Å². The number of allylic oxidation sites excluding steroid dienone is 1. The van der Waals surface area contributed by atoms with Crippen molar-refractivity contribution in [1.29, 1.82) is 0 Å². The molecule has 1 amide bonds. The molecule has 8 heteroatoms. The standard InChI is InChI=1S/C33H41ClN2O4S/c1-21-6-12-30(37)27-10-7-25(27)17-36-19-33(14-4-5-23-15-26(34)9-11-28(23)33)20-40-31-13-8-24(16-29(31)36)32(38)35-41(3,39)18-22(21)2/h6,8-9,11-13,15-16,21-22,25,27,30,37H,3-5,7,10,14,17-20H2,1-2H3,(H,35,38,39)/b12-6+/t21-,22+,25-,27+,30-,33-,41?/m0/s1. The summed E-state index contributed by atoms with van der Waals surface area (Å²) in [6, 6.07) is 11.7. The summed E-state index contributed by atoms with van der Waals surface area (Å²) in [6.45, 7) is 6.12. The summed E-state index contributed by atoms with van der Waals surface area (Å²) < 4.78 is 22.7. The van der Waals surface area contributed by atoms with Crippen LogP contribution in [0, 0.1) is 23.7 Å². The van der Waals surface area contributed by atoms with E-state index in [4.69, 9.17) is 16.3 Å². The van der Waals surface area contributed by atoms with Gasteiger partial charge in [-0.05, 0) is 103 Å². The topological polar surface area (TPSA) is 78.9 Å². The Morgan fingerprint density at radius 3 is 2.78 bits per heavy atom. The van der Waals surface area contributed by atoms with Crippen molar-refractivity contribution in [3.63, 3.8) is 0 Å². The first-order valence-corrected chi connectivity index (χ1v) is 17.2. The SMILES string of the molecule is C=S1(=O)C[C@@H](C)[C@@H](C)/C=C/[C@H](O)[C@@H]2CC[C@H]2CN2C[C@@]3(CCCc4cc(Cl)ccc43)COc3ccc(cc32)C(=O)N1. The fourth-order valence-corrected chi connectivity index (χ4v) is 9.16. The first kappa shape index (κ1) is 28.6. The number of anilines is 1. The summed E-state index contributed by atoms with van der Waals surface area (Å²) in [4.78, 5) is 15.8. The second-order valence-corrected chi connectivity index (χ2v) is 15.5. The van der Waals surface area contributed by atoms with Crippen molar-refractivity contribution >= 4 is 38.8 Å². The number of amides is 1. The Hall–Kier alpha value is -2.48. The zero-order chi connectivity index (χ0) is 28.9. The van der Waals surface area contributed by atoms with Crippen LogP contribution in [-0.2, 0) is 21.5 Å². The van der Waals surface area contributed by atoms with Crippen molar-refractivity contribution in [2.24, 2.45) is 23.7 Å². The average molecular weight is 597 g/mol. The summed E-state index contributed by atoms with van der Waals surface area (Å²) in [6.07, 6.45) is 8.52. The molecule has 0 radical (unpaired) electrons. The molecule has 220 valence electrons. The molecule has 6 nitrogen and oxygen atoms in total. The van der Waals surface area contributed by atoms with Crippen molar-refractivity contribution in [2.75, 3.05) is 30.3 Å². The Morgan fingerprint density at radius 1 is 1.17 bits per heavy atom. The van der Waals surface area contributed by atoms with Gasteiger partial charge >= 0.3 is 0 Å². The summed E-state index contributed by atoms with van der Waals surface area (Å²) in [5.41, 5.74) is 3.67. The van der Waals surface area contributed by atoms with Gasteiger partial charge in [0.05, 0.1) is 18.4 Å². The lowest BCUT2D eigenvalue weighted by molar-refractivity contribution is 0.0454. The van der Waals surface area contributed by atoms with E-state index in [1.165, 1.54) is 11.1 Å². The molecule has 41 heavy (non-hydrogen) atoms. The number of carbonyl (C=O) groups is 1. The maximum Gasteiger partial charge on any atom is 0.262 e. The molecular formula is C33H41ClN2O4S. The highest BCUT2D eigenvalue weighted by Gasteiger charge is 2.44.